The van der Waals surface area contributed by atoms with Gasteiger partial charge in [-0.1, -0.05) is 36.9 Å². The Balaban J connectivity index is 1.76. The fourth-order valence-corrected chi connectivity index (χ4v) is 2.63. The van der Waals surface area contributed by atoms with E-state index in [1.165, 1.54) is 0 Å². The number of nitrogen functional groups attached to an aromatic ring is 1. The summed E-state index contributed by atoms with van der Waals surface area (Å²) in [6.07, 6.45) is 4.76. The predicted molar refractivity (Wildman–Crippen MR) is 122 cm³/mol. The summed E-state index contributed by atoms with van der Waals surface area (Å²) in [4.78, 5) is 24.5. The molecule has 0 radical (unpaired) electrons. The van der Waals surface area contributed by atoms with Crippen molar-refractivity contribution in [3.8, 4) is 0 Å². The first-order valence-corrected chi connectivity index (χ1v) is 9.66. The van der Waals surface area contributed by atoms with Crippen LogP contribution in [0.4, 0.5) is 5.69 Å². The van der Waals surface area contributed by atoms with Crippen LogP contribution < -0.4 is 22.1 Å². The topological polar surface area (TPSA) is 110 Å². The number of amides is 2. The van der Waals surface area contributed by atoms with Gasteiger partial charge in [-0.2, -0.15) is 0 Å². The van der Waals surface area contributed by atoms with Crippen LogP contribution in [0.1, 0.15) is 32.7 Å². The zero-order chi connectivity index (χ0) is 21.9. The number of carbonyl (C=O) groups excluding carboxylic acids is 2. The lowest BCUT2D eigenvalue weighted by Gasteiger charge is -2.08. The largest absolute Gasteiger partial charge is 0.399 e. The van der Waals surface area contributed by atoms with Crippen molar-refractivity contribution in [3.63, 3.8) is 0 Å². The molecule has 0 heterocycles. The summed E-state index contributed by atoms with van der Waals surface area (Å²) >= 11 is 0. The van der Waals surface area contributed by atoms with Gasteiger partial charge in [0.1, 0.15) is 0 Å². The first-order chi connectivity index (χ1) is 14.3. The fourth-order valence-electron chi connectivity index (χ4n) is 2.63. The third-order valence-corrected chi connectivity index (χ3v) is 4.35. The quantitative estimate of drug-likeness (QED) is 0.360. The molecule has 0 spiro atoms. The van der Waals surface area contributed by atoms with Gasteiger partial charge in [0, 0.05) is 35.6 Å². The van der Waals surface area contributed by atoms with Gasteiger partial charge in [-0.15, -0.1) is 0 Å². The molecule has 0 saturated carbocycles. The maximum Gasteiger partial charge on any atom is 0.251 e. The highest BCUT2D eigenvalue weighted by Gasteiger charge is 2.08. The van der Waals surface area contributed by atoms with E-state index in [9.17, 15) is 9.59 Å². The summed E-state index contributed by atoms with van der Waals surface area (Å²) in [7, 11) is 0. The van der Waals surface area contributed by atoms with Crippen LogP contribution >= 0.6 is 0 Å². The van der Waals surface area contributed by atoms with Crippen molar-refractivity contribution in [2.24, 2.45) is 5.73 Å². The van der Waals surface area contributed by atoms with Crippen LogP contribution in [0.5, 0.6) is 0 Å². The lowest BCUT2D eigenvalue weighted by atomic mass is 10.1. The minimum Gasteiger partial charge on any atom is -0.399 e. The Morgan fingerprint density at radius 1 is 0.833 bits per heavy atom. The highest BCUT2D eigenvalue weighted by molar-refractivity contribution is 5.97. The van der Waals surface area contributed by atoms with Crippen molar-refractivity contribution in [1.82, 2.24) is 10.6 Å². The van der Waals surface area contributed by atoms with Gasteiger partial charge in [-0.25, -0.2) is 0 Å². The Hall–Kier alpha value is -3.80. The molecule has 0 unspecified atom stereocenters. The minimum atomic E-state index is -0.203. The molecule has 2 aromatic rings. The molecule has 156 valence electrons. The molecule has 0 aliphatic rings. The second-order valence-corrected chi connectivity index (χ2v) is 6.90. The molecule has 0 aromatic heterocycles. The lowest BCUT2D eigenvalue weighted by Crippen LogP contribution is -2.26. The molecule has 6 heteroatoms. The molecule has 2 amide bonds. The van der Waals surface area contributed by atoms with Gasteiger partial charge >= 0.3 is 0 Å². The average Bonchev–Trinajstić information content (AvgIpc) is 2.73. The number of carbonyl (C=O) groups is 2. The Morgan fingerprint density at radius 2 is 1.37 bits per heavy atom. The number of allylic oxidation sites excluding steroid dienone is 2. The van der Waals surface area contributed by atoms with Gasteiger partial charge in [-0.05, 0) is 60.9 Å². The Morgan fingerprint density at radius 3 is 1.90 bits per heavy atom. The smallest absolute Gasteiger partial charge is 0.251 e. The number of anilines is 1. The average molecular weight is 405 g/mol. The molecule has 0 atom stereocenters. The van der Waals surface area contributed by atoms with E-state index < -0.39 is 0 Å². The highest BCUT2D eigenvalue weighted by atomic mass is 16.2. The second kappa shape index (κ2) is 11.3. The van der Waals surface area contributed by atoms with E-state index in [0.717, 1.165) is 11.1 Å². The van der Waals surface area contributed by atoms with Gasteiger partial charge in [0.05, 0.1) is 0 Å². The van der Waals surface area contributed by atoms with Crippen molar-refractivity contribution in [2.45, 2.75) is 12.8 Å². The first kappa shape index (κ1) is 22.5. The van der Waals surface area contributed by atoms with Crippen molar-refractivity contribution in [1.29, 1.82) is 0 Å². The third-order valence-electron chi connectivity index (χ3n) is 4.35. The van der Waals surface area contributed by atoms with Crippen molar-refractivity contribution < 1.29 is 9.59 Å². The first-order valence-electron chi connectivity index (χ1n) is 9.66. The van der Waals surface area contributed by atoms with E-state index in [1.807, 2.05) is 24.3 Å². The van der Waals surface area contributed by atoms with Crippen LogP contribution in [-0.4, -0.2) is 24.9 Å². The molecule has 30 heavy (non-hydrogen) atoms. The third kappa shape index (κ3) is 7.67. The number of nitrogens with two attached hydrogens (primary N) is 2. The minimum absolute atomic E-state index is 0.179. The monoisotopic (exact) mass is 404 g/mol. The number of hydrogen-bond acceptors (Lipinski definition) is 4. The standard InChI is InChI=1S/C24H28N4O2/c1-17(3-4-18(2)25)13-15-27-23(29)20-7-9-21(10-8-20)24(30)28-16-14-19-5-11-22(26)12-6-19/h3-12H,1-2,13-16,25-26H2,(H,27,29)(H,28,30)/b4-3-. The number of rotatable bonds is 10. The van der Waals surface area contributed by atoms with Gasteiger partial charge in [0.25, 0.3) is 11.8 Å². The van der Waals surface area contributed by atoms with Crippen LogP contribution in [0.25, 0.3) is 0 Å². The molecule has 0 aliphatic carbocycles. The summed E-state index contributed by atoms with van der Waals surface area (Å²) in [5.41, 5.74) is 15.2. The lowest BCUT2D eigenvalue weighted by molar-refractivity contribution is 0.0942. The molecule has 6 nitrogen and oxygen atoms in total. The number of nitrogens with one attached hydrogen (secondary N) is 2. The maximum absolute atomic E-state index is 12.3. The second-order valence-electron chi connectivity index (χ2n) is 6.90. The summed E-state index contributed by atoms with van der Waals surface area (Å²) in [6, 6.07) is 14.1. The fraction of sp³-hybridized carbons (Fsp3) is 0.167. The Kier molecular flexibility index (Phi) is 8.44. The van der Waals surface area contributed by atoms with Crippen LogP contribution in [-0.2, 0) is 6.42 Å². The number of benzene rings is 2. The molecule has 2 rings (SSSR count). The molecular formula is C24H28N4O2. The molecule has 0 bridgehead atoms. The van der Waals surface area contributed by atoms with Crippen molar-refractivity contribution in [2.75, 3.05) is 18.8 Å². The van der Waals surface area contributed by atoms with Gasteiger partial charge in [0.2, 0.25) is 0 Å². The van der Waals surface area contributed by atoms with Crippen LogP contribution in [0.2, 0.25) is 0 Å². The van der Waals surface area contributed by atoms with Crippen LogP contribution in [0, 0.1) is 0 Å². The van der Waals surface area contributed by atoms with E-state index in [2.05, 4.69) is 23.8 Å². The molecule has 2 aromatic carbocycles. The molecule has 6 N–H and O–H groups in total. The summed E-state index contributed by atoms with van der Waals surface area (Å²) in [5.74, 6) is -0.382. The van der Waals surface area contributed by atoms with Gasteiger partial charge in [-0.3, -0.25) is 9.59 Å². The highest BCUT2D eigenvalue weighted by Crippen LogP contribution is 2.07. The zero-order valence-corrected chi connectivity index (χ0v) is 17.0. The molecule has 0 saturated heterocycles. The summed E-state index contributed by atoms with van der Waals surface area (Å²) in [5, 5.41) is 5.70. The van der Waals surface area contributed by atoms with E-state index in [-0.39, 0.29) is 11.8 Å². The summed E-state index contributed by atoms with van der Waals surface area (Å²) in [6.45, 7) is 8.43. The molecule has 0 fully saturated rings. The van der Waals surface area contributed by atoms with Crippen molar-refractivity contribution in [3.05, 3.63) is 102 Å². The maximum atomic E-state index is 12.3. The zero-order valence-electron chi connectivity index (χ0n) is 17.0. The van der Waals surface area contributed by atoms with E-state index >= 15 is 0 Å². The summed E-state index contributed by atoms with van der Waals surface area (Å²) < 4.78 is 0. The Bertz CT molecular complexity index is 929. The van der Waals surface area contributed by atoms with Crippen molar-refractivity contribution >= 4 is 17.5 Å². The predicted octanol–water partition coefficient (Wildman–Crippen LogP) is 2.95. The van der Waals surface area contributed by atoms with Crippen LogP contribution in [0.3, 0.4) is 0 Å². The van der Waals surface area contributed by atoms with E-state index in [1.54, 1.807) is 36.4 Å². The van der Waals surface area contributed by atoms with Gasteiger partial charge < -0.3 is 22.1 Å². The SMILES string of the molecule is C=C(N)/C=C\C(=C)CCNC(=O)c1ccc(C(=O)NCCc2ccc(N)cc2)cc1. The van der Waals surface area contributed by atoms with E-state index in [0.29, 0.717) is 48.4 Å². The van der Waals surface area contributed by atoms with Gasteiger partial charge in [0.15, 0.2) is 0 Å². The molecule has 0 aliphatic heterocycles. The van der Waals surface area contributed by atoms with E-state index in [4.69, 9.17) is 11.5 Å². The normalized spacial score (nSPS) is 10.5. The number of hydrogen-bond donors (Lipinski definition) is 4. The molecular weight excluding hydrogens is 376 g/mol. The Labute approximate surface area is 177 Å². The van der Waals surface area contributed by atoms with Crippen LogP contribution in [0.15, 0.2) is 85.1 Å².